The van der Waals surface area contributed by atoms with Crippen LogP contribution in [0.5, 0.6) is 0 Å². The molecule has 5 nitrogen and oxygen atoms in total. The van der Waals surface area contributed by atoms with Gasteiger partial charge < -0.3 is 15.1 Å². The lowest BCUT2D eigenvalue weighted by Gasteiger charge is -2.24. The highest BCUT2D eigenvalue weighted by atomic mass is 35.5. The summed E-state index contributed by atoms with van der Waals surface area (Å²) in [7, 11) is 0. The van der Waals surface area contributed by atoms with Crippen LogP contribution in [0.2, 0.25) is 0 Å². The predicted octanol–water partition coefficient (Wildman–Crippen LogP) is 1.71. The predicted molar refractivity (Wildman–Crippen MR) is 101 cm³/mol. The molecule has 0 spiro atoms. The van der Waals surface area contributed by atoms with E-state index in [1.54, 1.807) is 0 Å². The number of nitrogens with one attached hydrogen (secondary N) is 1. The van der Waals surface area contributed by atoms with Gasteiger partial charge in [0.25, 0.3) is 0 Å². The summed E-state index contributed by atoms with van der Waals surface area (Å²) in [6.07, 6.45) is 3.15. The average molecular weight is 366 g/mol. The van der Waals surface area contributed by atoms with Crippen LogP contribution in [0.1, 0.15) is 24.8 Å². The zero-order valence-electron chi connectivity index (χ0n) is 14.7. The van der Waals surface area contributed by atoms with Crippen molar-refractivity contribution in [1.29, 1.82) is 0 Å². The standard InChI is InChI=1S/C19H27N3O2.ClH/c23-18(8-7-16-5-2-1-3-6-16)21-11-4-12-22(14-13-21)19(24)17-9-10-20-15-17;/h1-3,5-6,17,20H,4,7-15H2;1H. The minimum Gasteiger partial charge on any atom is -0.341 e. The molecule has 1 aromatic rings. The average Bonchev–Trinajstić information content (AvgIpc) is 3.04. The lowest BCUT2D eigenvalue weighted by Crippen LogP contribution is -2.40. The molecule has 3 rings (SSSR count). The number of halogens is 1. The SMILES string of the molecule is Cl.O=C(CCc1ccccc1)N1CCCN(C(=O)C2CCNC2)CC1. The highest BCUT2D eigenvalue weighted by molar-refractivity contribution is 5.85. The summed E-state index contributed by atoms with van der Waals surface area (Å²) in [5.74, 6) is 0.597. The smallest absolute Gasteiger partial charge is 0.227 e. The van der Waals surface area contributed by atoms with Gasteiger partial charge in [0.05, 0.1) is 5.92 Å². The lowest BCUT2D eigenvalue weighted by atomic mass is 10.1. The van der Waals surface area contributed by atoms with E-state index in [0.717, 1.165) is 45.4 Å². The first kappa shape index (κ1) is 19.7. The Morgan fingerprint density at radius 3 is 2.48 bits per heavy atom. The summed E-state index contributed by atoms with van der Waals surface area (Å²) in [6, 6.07) is 10.1. The van der Waals surface area contributed by atoms with Gasteiger partial charge in [-0.25, -0.2) is 0 Å². The maximum absolute atomic E-state index is 12.5. The molecule has 0 saturated carbocycles. The Morgan fingerprint density at radius 2 is 1.76 bits per heavy atom. The van der Waals surface area contributed by atoms with Crippen LogP contribution in [0.25, 0.3) is 0 Å². The van der Waals surface area contributed by atoms with Crippen molar-refractivity contribution in [2.75, 3.05) is 39.3 Å². The molecular formula is C19H28ClN3O2. The number of rotatable bonds is 4. The molecule has 138 valence electrons. The summed E-state index contributed by atoms with van der Waals surface area (Å²) in [6.45, 7) is 4.62. The van der Waals surface area contributed by atoms with E-state index >= 15 is 0 Å². The largest absolute Gasteiger partial charge is 0.341 e. The van der Waals surface area contributed by atoms with E-state index in [9.17, 15) is 9.59 Å². The van der Waals surface area contributed by atoms with E-state index in [1.807, 2.05) is 28.0 Å². The van der Waals surface area contributed by atoms with Gasteiger partial charge in [-0.05, 0) is 31.4 Å². The van der Waals surface area contributed by atoms with Crippen molar-refractivity contribution in [2.45, 2.75) is 25.7 Å². The Kier molecular flexibility index (Phi) is 7.72. The first-order valence-electron chi connectivity index (χ1n) is 9.05. The van der Waals surface area contributed by atoms with Crippen LogP contribution < -0.4 is 5.32 Å². The van der Waals surface area contributed by atoms with Crippen LogP contribution in [0.3, 0.4) is 0 Å². The number of aryl methyl sites for hydroxylation is 1. The third-order valence-electron chi connectivity index (χ3n) is 5.04. The second-order valence-electron chi connectivity index (χ2n) is 6.73. The highest BCUT2D eigenvalue weighted by Crippen LogP contribution is 2.14. The highest BCUT2D eigenvalue weighted by Gasteiger charge is 2.29. The Labute approximate surface area is 156 Å². The zero-order chi connectivity index (χ0) is 16.8. The van der Waals surface area contributed by atoms with Gasteiger partial charge in [-0.3, -0.25) is 9.59 Å². The van der Waals surface area contributed by atoms with Crippen LogP contribution >= 0.6 is 12.4 Å². The van der Waals surface area contributed by atoms with Crippen LogP contribution in [-0.4, -0.2) is 60.9 Å². The van der Waals surface area contributed by atoms with Gasteiger partial charge in [0.2, 0.25) is 11.8 Å². The Balaban J connectivity index is 0.00000225. The van der Waals surface area contributed by atoms with E-state index < -0.39 is 0 Å². The number of benzene rings is 1. The molecule has 2 aliphatic heterocycles. The van der Waals surface area contributed by atoms with Gasteiger partial charge in [-0.1, -0.05) is 30.3 Å². The quantitative estimate of drug-likeness (QED) is 0.883. The maximum Gasteiger partial charge on any atom is 0.227 e. The summed E-state index contributed by atoms with van der Waals surface area (Å²) in [4.78, 5) is 28.9. The van der Waals surface area contributed by atoms with Gasteiger partial charge in [0.15, 0.2) is 0 Å². The molecule has 2 fully saturated rings. The summed E-state index contributed by atoms with van der Waals surface area (Å²) >= 11 is 0. The molecule has 2 heterocycles. The van der Waals surface area contributed by atoms with Crippen LogP contribution in [0.4, 0.5) is 0 Å². The summed E-state index contributed by atoms with van der Waals surface area (Å²) < 4.78 is 0. The van der Waals surface area contributed by atoms with E-state index in [-0.39, 0.29) is 30.1 Å². The topological polar surface area (TPSA) is 52.7 Å². The minimum atomic E-state index is 0. The second kappa shape index (κ2) is 9.78. The fourth-order valence-corrected chi connectivity index (χ4v) is 3.56. The molecule has 2 amide bonds. The van der Waals surface area contributed by atoms with Gasteiger partial charge in [0, 0.05) is 39.1 Å². The molecule has 1 unspecified atom stereocenters. The first-order chi connectivity index (χ1) is 11.7. The summed E-state index contributed by atoms with van der Waals surface area (Å²) in [5.41, 5.74) is 1.20. The van der Waals surface area contributed by atoms with Crippen molar-refractivity contribution < 1.29 is 9.59 Å². The number of nitrogens with zero attached hydrogens (tertiary/aromatic N) is 2. The van der Waals surface area contributed by atoms with E-state index in [1.165, 1.54) is 5.56 Å². The van der Waals surface area contributed by atoms with Crippen LogP contribution in [0.15, 0.2) is 30.3 Å². The molecular weight excluding hydrogens is 338 g/mol. The molecule has 2 saturated heterocycles. The number of carbonyl (C=O) groups is 2. The van der Waals surface area contributed by atoms with Gasteiger partial charge in [-0.15, -0.1) is 12.4 Å². The molecule has 2 aliphatic rings. The number of hydrogen-bond acceptors (Lipinski definition) is 3. The lowest BCUT2D eigenvalue weighted by molar-refractivity contribution is -0.136. The molecule has 1 N–H and O–H groups in total. The fraction of sp³-hybridized carbons (Fsp3) is 0.579. The van der Waals surface area contributed by atoms with E-state index in [2.05, 4.69) is 17.4 Å². The van der Waals surface area contributed by atoms with E-state index in [4.69, 9.17) is 0 Å². The Bertz CT molecular complexity index is 561. The number of hydrogen-bond donors (Lipinski definition) is 1. The third-order valence-corrected chi connectivity index (χ3v) is 5.04. The molecule has 0 aliphatic carbocycles. The molecule has 0 aromatic heterocycles. The maximum atomic E-state index is 12.5. The van der Waals surface area contributed by atoms with Crippen molar-refractivity contribution in [1.82, 2.24) is 15.1 Å². The molecule has 1 atom stereocenters. The molecule has 0 bridgehead atoms. The monoisotopic (exact) mass is 365 g/mol. The van der Waals surface area contributed by atoms with Gasteiger partial charge in [0.1, 0.15) is 0 Å². The van der Waals surface area contributed by atoms with Crippen molar-refractivity contribution in [2.24, 2.45) is 5.92 Å². The Hall–Kier alpha value is -1.59. The van der Waals surface area contributed by atoms with Crippen molar-refractivity contribution >= 4 is 24.2 Å². The number of carbonyl (C=O) groups excluding carboxylic acids is 2. The van der Waals surface area contributed by atoms with Crippen LogP contribution in [0, 0.1) is 5.92 Å². The molecule has 1 aromatic carbocycles. The second-order valence-corrected chi connectivity index (χ2v) is 6.73. The zero-order valence-corrected chi connectivity index (χ0v) is 15.5. The van der Waals surface area contributed by atoms with Crippen molar-refractivity contribution in [3.8, 4) is 0 Å². The first-order valence-corrected chi connectivity index (χ1v) is 9.05. The van der Waals surface area contributed by atoms with Gasteiger partial charge >= 0.3 is 0 Å². The van der Waals surface area contributed by atoms with Crippen molar-refractivity contribution in [3.63, 3.8) is 0 Å². The normalized spacial score (nSPS) is 20.7. The Morgan fingerprint density at radius 1 is 1.04 bits per heavy atom. The van der Waals surface area contributed by atoms with E-state index in [0.29, 0.717) is 19.5 Å². The molecule has 25 heavy (non-hydrogen) atoms. The van der Waals surface area contributed by atoms with Crippen LogP contribution in [-0.2, 0) is 16.0 Å². The molecule has 0 radical (unpaired) electrons. The third kappa shape index (κ3) is 5.44. The number of amides is 2. The minimum absolute atomic E-state index is 0. The van der Waals surface area contributed by atoms with Crippen molar-refractivity contribution in [3.05, 3.63) is 35.9 Å². The molecule has 6 heteroatoms. The fourth-order valence-electron chi connectivity index (χ4n) is 3.56. The van der Waals surface area contributed by atoms with Gasteiger partial charge in [-0.2, -0.15) is 0 Å². The summed E-state index contributed by atoms with van der Waals surface area (Å²) in [5, 5.41) is 3.26.